The maximum atomic E-state index is 11.7. The fourth-order valence-electron chi connectivity index (χ4n) is 2.63. The Morgan fingerprint density at radius 3 is 2.57 bits per heavy atom. The first-order valence-corrected chi connectivity index (χ1v) is 10.3. The van der Waals surface area contributed by atoms with Crippen LogP contribution in [0.1, 0.15) is 30.3 Å². The van der Waals surface area contributed by atoms with Crippen LogP contribution in [0.5, 0.6) is 0 Å². The third-order valence-corrected chi connectivity index (χ3v) is 5.49. The highest BCUT2D eigenvalue weighted by atomic mass is 127. The number of hydrogen-bond acceptors (Lipinski definition) is 4. The summed E-state index contributed by atoms with van der Waals surface area (Å²) in [6.45, 7) is 6.70. The fraction of sp³-hybridized carbons (Fsp3) is 0.450. The van der Waals surface area contributed by atoms with Gasteiger partial charge < -0.3 is 16.0 Å². The van der Waals surface area contributed by atoms with Gasteiger partial charge in [-0.05, 0) is 26.7 Å². The molecule has 3 rings (SSSR count). The number of aromatic nitrogens is 1. The van der Waals surface area contributed by atoms with E-state index in [2.05, 4.69) is 38.1 Å². The molecule has 1 heterocycles. The number of rotatable bonds is 8. The summed E-state index contributed by atoms with van der Waals surface area (Å²) in [6, 6.07) is 10.2. The number of carbonyl (C=O) groups is 1. The Balaban J connectivity index is 0.00000280. The number of nitrogens with one attached hydrogen (secondary N) is 3. The van der Waals surface area contributed by atoms with Crippen molar-refractivity contribution in [2.75, 3.05) is 19.6 Å². The van der Waals surface area contributed by atoms with E-state index in [0.717, 1.165) is 46.5 Å². The second-order valence-corrected chi connectivity index (χ2v) is 7.66. The number of aliphatic imine (C=N–C) groups is 1. The van der Waals surface area contributed by atoms with Crippen LogP contribution in [-0.4, -0.2) is 36.5 Å². The van der Waals surface area contributed by atoms with Crippen LogP contribution in [0.4, 0.5) is 0 Å². The zero-order chi connectivity index (χ0) is 19.1. The average Bonchev–Trinajstić information content (AvgIpc) is 3.47. The lowest BCUT2D eigenvalue weighted by molar-refractivity contribution is -0.122. The number of hydrogen-bond donors (Lipinski definition) is 3. The molecule has 1 amide bonds. The number of benzene rings is 1. The van der Waals surface area contributed by atoms with Gasteiger partial charge in [0.05, 0.1) is 12.2 Å². The topological polar surface area (TPSA) is 78.4 Å². The van der Waals surface area contributed by atoms with Crippen molar-refractivity contribution in [2.24, 2.45) is 10.9 Å². The highest BCUT2D eigenvalue weighted by Gasteiger charge is 2.28. The maximum Gasteiger partial charge on any atom is 0.223 e. The first-order chi connectivity index (χ1) is 13.2. The molecule has 8 heteroatoms. The van der Waals surface area contributed by atoms with E-state index in [-0.39, 0.29) is 35.8 Å². The largest absolute Gasteiger partial charge is 0.357 e. The number of guanidine groups is 1. The standard InChI is InChI=1S/C20H27N5OS.HI/c1-3-21-20(23-12-11-22-18(26)15-9-10-15)24-13-17-14(2)25-19(27-17)16-7-5-4-6-8-16;/h4-8,15H,3,9-13H2,1-2H3,(H,22,26)(H2,21,23,24);1H. The number of aryl methyl sites for hydroxylation is 1. The number of amides is 1. The molecule has 1 saturated carbocycles. The van der Waals surface area contributed by atoms with E-state index in [1.165, 1.54) is 0 Å². The Hall–Kier alpha value is -1.68. The summed E-state index contributed by atoms with van der Waals surface area (Å²) < 4.78 is 0. The van der Waals surface area contributed by atoms with Crippen molar-refractivity contribution in [3.8, 4) is 10.6 Å². The summed E-state index contributed by atoms with van der Waals surface area (Å²) in [5, 5.41) is 10.5. The number of nitrogens with zero attached hydrogens (tertiary/aromatic N) is 2. The third kappa shape index (κ3) is 6.73. The van der Waals surface area contributed by atoms with E-state index in [9.17, 15) is 4.79 Å². The monoisotopic (exact) mass is 513 g/mol. The minimum atomic E-state index is 0. The molecule has 0 atom stereocenters. The van der Waals surface area contributed by atoms with Gasteiger partial charge in [-0.2, -0.15) is 0 Å². The molecular formula is C20H28IN5OS. The van der Waals surface area contributed by atoms with Crippen LogP contribution in [0.25, 0.3) is 10.6 Å². The summed E-state index contributed by atoms with van der Waals surface area (Å²) >= 11 is 1.68. The van der Waals surface area contributed by atoms with Gasteiger partial charge in [0.1, 0.15) is 5.01 Å². The van der Waals surface area contributed by atoms with Crippen LogP contribution < -0.4 is 16.0 Å². The highest BCUT2D eigenvalue weighted by molar-refractivity contribution is 14.0. The third-order valence-electron chi connectivity index (χ3n) is 4.30. The van der Waals surface area contributed by atoms with Gasteiger partial charge in [0.2, 0.25) is 5.91 Å². The van der Waals surface area contributed by atoms with E-state index in [4.69, 9.17) is 0 Å². The smallest absolute Gasteiger partial charge is 0.223 e. The van der Waals surface area contributed by atoms with Gasteiger partial charge in [0.25, 0.3) is 0 Å². The normalized spacial score (nSPS) is 13.6. The first-order valence-electron chi connectivity index (χ1n) is 9.49. The molecule has 28 heavy (non-hydrogen) atoms. The van der Waals surface area contributed by atoms with Crippen LogP contribution in [0.2, 0.25) is 0 Å². The SMILES string of the molecule is CCNC(=NCc1sc(-c2ccccc2)nc1C)NCCNC(=O)C1CC1.I. The molecule has 3 N–H and O–H groups in total. The summed E-state index contributed by atoms with van der Waals surface area (Å²) in [7, 11) is 0. The maximum absolute atomic E-state index is 11.7. The van der Waals surface area contributed by atoms with E-state index in [1.54, 1.807) is 11.3 Å². The second kappa shape index (κ2) is 11.4. The Morgan fingerprint density at radius 2 is 1.89 bits per heavy atom. The van der Waals surface area contributed by atoms with E-state index in [0.29, 0.717) is 19.6 Å². The molecule has 1 aliphatic rings. The molecule has 0 bridgehead atoms. The Labute approximate surface area is 187 Å². The van der Waals surface area contributed by atoms with Gasteiger partial charge in [-0.15, -0.1) is 35.3 Å². The van der Waals surface area contributed by atoms with Gasteiger partial charge in [0, 0.05) is 36.0 Å². The molecule has 0 saturated heterocycles. The number of thiazole rings is 1. The van der Waals surface area contributed by atoms with Crippen molar-refractivity contribution in [3.05, 3.63) is 40.9 Å². The van der Waals surface area contributed by atoms with Crippen molar-refractivity contribution < 1.29 is 4.79 Å². The molecule has 1 fully saturated rings. The summed E-state index contributed by atoms with van der Waals surface area (Å²) in [4.78, 5) is 22.2. The summed E-state index contributed by atoms with van der Waals surface area (Å²) in [5.74, 6) is 1.18. The van der Waals surface area contributed by atoms with Crippen molar-refractivity contribution in [1.82, 2.24) is 20.9 Å². The molecule has 6 nitrogen and oxygen atoms in total. The molecule has 1 aliphatic carbocycles. The van der Waals surface area contributed by atoms with Crippen LogP contribution in [-0.2, 0) is 11.3 Å². The minimum Gasteiger partial charge on any atom is -0.357 e. The van der Waals surface area contributed by atoms with Crippen molar-refractivity contribution in [2.45, 2.75) is 33.2 Å². The summed E-state index contributed by atoms with van der Waals surface area (Å²) in [5.41, 5.74) is 2.16. The predicted molar refractivity (Wildman–Crippen MR) is 126 cm³/mol. The number of carbonyl (C=O) groups excluding carboxylic acids is 1. The van der Waals surface area contributed by atoms with Crippen LogP contribution in [0, 0.1) is 12.8 Å². The minimum absolute atomic E-state index is 0. The second-order valence-electron chi connectivity index (χ2n) is 6.58. The number of halogens is 1. The molecule has 0 spiro atoms. The molecule has 0 aliphatic heterocycles. The predicted octanol–water partition coefficient (Wildman–Crippen LogP) is 3.32. The molecule has 2 aromatic rings. The Bertz CT molecular complexity index is 789. The lowest BCUT2D eigenvalue weighted by Gasteiger charge is -2.11. The van der Waals surface area contributed by atoms with Crippen molar-refractivity contribution in [3.63, 3.8) is 0 Å². The Morgan fingerprint density at radius 1 is 1.18 bits per heavy atom. The van der Waals surface area contributed by atoms with E-state index >= 15 is 0 Å². The average molecular weight is 513 g/mol. The zero-order valence-electron chi connectivity index (χ0n) is 16.3. The first kappa shape index (κ1) is 22.6. The van der Waals surface area contributed by atoms with Gasteiger partial charge in [-0.3, -0.25) is 4.79 Å². The molecule has 1 aromatic heterocycles. The molecule has 0 unspecified atom stereocenters. The van der Waals surface area contributed by atoms with Crippen molar-refractivity contribution in [1.29, 1.82) is 0 Å². The quantitative estimate of drug-likeness (QED) is 0.219. The fourth-order valence-corrected chi connectivity index (χ4v) is 3.62. The van der Waals surface area contributed by atoms with Crippen LogP contribution >= 0.6 is 35.3 Å². The van der Waals surface area contributed by atoms with E-state index < -0.39 is 0 Å². The van der Waals surface area contributed by atoms with Crippen molar-refractivity contribution >= 4 is 47.2 Å². The van der Waals surface area contributed by atoms with Gasteiger partial charge in [-0.1, -0.05) is 30.3 Å². The van der Waals surface area contributed by atoms with Crippen LogP contribution in [0.3, 0.4) is 0 Å². The van der Waals surface area contributed by atoms with Crippen LogP contribution in [0.15, 0.2) is 35.3 Å². The highest BCUT2D eigenvalue weighted by Crippen LogP contribution is 2.29. The Kier molecular flexibility index (Phi) is 9.17. The molecule has 1 aromatic carbocycles. The lowest BCUT2D eigenvalue weighted by atomic mass is 10.2. The molecule has 0 radical (unpaired) electrons. The molecule has 152 valence electrons. The van der Waals surface area contributed by atoms with Gasteiger partial charge in [-0.25, -0.2) is 9.98 Å². The zero-order valence-corrected chi connectivity index (χ0v) is 19.5. The van der Waals surface area contributed by atoms with Gasteiger partial charge in [0.15, 0.2) is 5.96 Å². The van der Waals surface area contributed by atoms with Gasteiger partial charge >= 0.3 is 0 Å². The van der Waals surface area contributed by atoms with E-state index in [1.807, 2.05) is 32.0 Å². The summed E-state index contributed by atoms with van der Waals surface area (Å²) in [6.07, 6.45) is 2.06. The molecular weight excluding hydrogens is 485 g/mol. The lowest BCUT2D eigenvalue weighted by Crippen LogP contribution is -2.41.